The van der Waals surface area contributed by atoms with Crippen molar-refractivity contribution in [2.45, 2.75) is 0 Å². The van der Waals surface area contributed by atoms with E-state index in [1.807, 2.05) is 42.5 Å². The highest BCUT2D eigenvalue weighted by Gasteiger charge is 2.09. The third-order valence-corrected chi connectivity index (χ3v) is 4.59. The van der Waals surface area contributed by atoms with E-state index in [0.717, 1.165) is 15.6 Å². The topological polar surface area (TPSA) is 67.9 Å². The maximum Gasteiger partial charge on any atom is 0.227 e. The molecule has 1 heterocycles. The van der Waals surface area contributed by atoms with Crippen LogP contribution in [0.25, 0.3) is 22.6 Å². The number of halogens is 1. The van der Waals surface area contributed by atoms with E-state index in [1.54, 1.807) is 24.4 Å². The molecule has 0 amide bonds. The normalized spacial score (nSPS) is 11.3. The minimum absolute atomic E-state index is 0.0574. The van der Waals surface area contributed by atoms with Crippen LogP contribution in [0.15, 0.2) is 74.5 Å². The molecule has 0 aliphatic heterocycles. The van der Waals surface area contributed by atoms with E-state index in [4.69, 9.17) is 9.15 Å². The number of phenols is 1. The second kappa shape index (κ2) is 7.25. The zero-order chi connectivity index (χ0) is 18.8. The van der Waals surface area contributed by atoms with Crippen LogP contribution in [0, 0.1) is 0 Å². The molecule has 134 valence electrons. The Morgan fingerprint density at radius 3 is 2.70 bits per heavy atom. The van der Waals surface area contributed by atoms with E-state index >= 15 is 0 Å². The first-order valence-corrected chi connectivity index (χ1v) is 9.00. The molecule has 6 heteroatoms. The molecule has 0 saturated heterocycles. The lowest BCUT2D eigenvalue weighted by molar-refractivity contribution is 0.373. The Morgan fingerprint density at radius 2 is 1.93 bits per heavy atom. The highest BCUT2D eigenvalue weighted by Crippen LogP contribution is 2.30. The summed E-state index contributed by atoms with van der Waals surface area (Å²) in [5.41, 5.74) is 3.58. The molecule has 5 nitrogen and oxygen atoms in total. The number of hydrogen-bond donors (Lipinski definition) is 1. The van der Waals surface area contributed by atoms with E-state index in [2.05, 4.69) is 25.9 Å². The Hall–Kier alpha value is -3.12. The number of aliphatic imine (C=N–C) groups is 1. The summed E-state index contributed by atoms with van der Waals surface area (Å²) >= 11 is 3.42. The monoisotopic (exact) mass is 422 g/mol. The van der Waals surface area contributed by atoms with E-state index in [-0.39, 0.29) is 5.75 Å². The lowest BCUT2D eigenvalue weighted by Crippen LogP contribution is -1.88. The third kappa shape index (κ3) is 3.57. The SMILES string of the molecule is COc1cccc(C=Nc2ccc3nc(-c4ccc(Br)cc4)oc3c2)c1O. The number of para-hydroxylation sites is 1. The van der Waals surface area contributed by atoms with Crippen molar-refractivity contribution in [3.63, 3.8) is 0 Å². The van der Waals surface area contributed by atoms with Gasteiger partial charge >= 0.3 is 0 Å². The highest BCUT2D eigenvalue weighted by molar-refractivity contribution is 9.10. The number of fused-ring (bicyclic) bond motifs is 1. The molecule has 0 spiro atoms. The van der Waals surface area contributed by atoms with Crippen LogP contribution in [0.4, 0.5) is 5.69 Å². The molecule has 3 aromatic carbocycles. The molecule has 1 N–H and O–H groups in total. The number of benzene rings is 3. The van der Waals surface area contributed by atoms with Crippen LogP contribution in [-0.2, 0) is 0 Å². The van der Waals surface area contributed by atoms with Crippen molar-refractivity contribution >= 4 is 38.9 Å². The molecule has 0 bridgehead atoms. The van der Waals surface area contributed by atoms with Gasteiger partial charge in [0.05, 0.1) is 12.8 Å². The third-order valence-electron chi connectivity index (χ3n) is 4.07. The lowest BCUT2D eigenvalue weighted by Gasteiger charge is -2.04. The summed E-state index contributed by atoms with van der Waals surface area (Å²) in [6.07, 6.45) is 1.59. The van der Waals surface area contributed by atoms with Crippen LogP contribution in [0.5, 0.6) is 11.5 Å². The molecular weight excluding hydrogens is 408 g/mol. The molecule has 4 rings (SSSR count). The minimum Gasteiger partial charge on any atom is -0.504 e. The number of rotatable bonds is 4. The summed E-state index contributed by atoms with van der Waals surface area (Å²) in [5.74, 6) is 1.02. The second-order valence-corrected chi connectivity index (χ2v) is 6.75. The van der Waals surface area contributed by atoms with Gasteiger partial charge in [-0.3, -0.25) is 4.99 Å². The van der Waals surface area contributed by atoms with Gasteiger partial charge in [0.15, 0.2) is 17.1 Å². The summed E-state index contributed by atoms with van der Waals surface area (Å²) in [6.45, 7) is 0. The van der Waals surface area contributed by atoms with Gasteiger partial charge in [-0.05, 0) is 48.5 Å². The van der Waals surface area contributed by atoms with Gasteiger partial charge in [-0.2, -0.15) is 0 Å². The first kappa shape index (κ1) is 17.3. The maximum absolute atomic E-state index is 10.1. The van der Waals surface area contributed by atoms with E-state index in [9.17, 15) is 5.11 Å². The summed E-state index contributed by atoms with van der Waals surface area (Å²) in [7, 11) is 1.51. The first-order valence-electron chi connectivity index (χ1n) is 8.20. The van der Waals surface area contributed by atoms with Crippen LogP contribution in [-0.4, -0.2) is 23.4 Å². The molecule has 0 fully saturated rings. The smallest absolute Gasteiger partial charge is 0.227 e. The predicted molar refractivity (Wildman–Crippen MR) is 109 cm³/mol. The number of phenolic OH excluding ortho intramolecular Hbond substituents is 1. The van der Waals surface area contributed by atoms with Crippen molar-refractivity contribution in [2.24, 2.45) is 4.99 Å². The summed E-state index contributed by atoms with van der Waals surface area (Å²) < 4.78 is 12.0. The largest absolute Gasteiger partial charge is 0.504 e. The summed E-state index contributed by atoms with van der Waals surface area (Å²) in [4.78, 5) is 8.94. The molecule has 0 unspecified atom stereocenters. The zero-order valence-corrected chi connectivity index (χ0v) is 16.0. The summed E-state index contributed by atoms with van der Waals surface area (Å²) in [6, 6.07) is 18.6. The van der Waals surface area contributed by atoms with Gasteiger partial charge in [0.25, 0.3) is 0 Å². The number of methoxy groups -OCH3 is 1. The van der Waals surface area contributed by atoms with Gasteiger partial charge in [0.1, 0.15) is 5.52 Å². The van der Waals surface area contributed by atoms with Crippen molar-refractivity contribution in [2.75, 3.05) is 7.11 Å². The van der Waals surface area contributed by atoms with Crippen LogP contribution in [0.3, 0.4) is 0 Å². The summed E-state index contributed by atoms with van der Waals surface area (Å²) in [5, 5.41) is 10.1. The Morgan fingerprint density at radius 1 is 1.11 bits per heavy atom. The quantitative estimate of drug-likeness (QED) is 0.426. The van der Waals surface area contributed by atoms with Gasteiger partial charge in [0, 0.05) is 27.9 Å². The Bertz CT molecular complexity index is 1130. The number of aromatic hydroxyl groups is 1. The fourth-order valence-corrected chi connectivity index (χ4v) is 2.93. The maximum atomic E-state index is 10.1. The van der Waals surface area contributed by atoms with Gasteiger partial charge in [-0.15, -0.1) is 0 Å². The average molecular weight is 423 g/mol. The first-order chi connectivity index (χ1) is 13.1. The van der Waals surface area contributed by atoms with Crippen molar-refractivity contribution in [3.8, 4) is 23.0 Å². The van der Waals surface area contributed by atoms with Crippen molar-refractivity contribution in [1.82, 2.24) is 4.98 Å². The molecule has 4 aromatic rings. The van der Waals surface area contributed by atoms with Crippen LogP contribution < -0.4 is 4.74 Å². The van der Waals surface area contributed by atoms with Crippen molar-refractivity contribution in [3.05, 3.63) is 70.7 Å². The molecule has 0 aliphatic rings. The van der Waals surface area contributed by atoms with Crippen LogP contribution in [0.1, 0.15) is 5.56 Å². The molecule has 1 aromatic heterocycles. The Balaban J connectivity index is 1.65. The van der Waals surface area contributed by atoms with E-state index in [1.165, 1.54) is 7.11 Å². The van der Waals surface area contributed by atoms with Gasteiger partial charge in [-0.1, -0.05) is 22.0 Å². The molecule has 0 saturated carbocycles. The molecular formula is C21H15BrN2O3. The average Bonchev–Trinajstić information content (AvgIpc) is 3.11. The fourth-order valence-electron chi connectivity index (χ4n) is 2.66. The van der Waals surface area contributed by atoms with E-state index < -0.39 is 0 Å². The predicted octanol–water partition coefficient (Wildman–Crippen LogP) is 5.72. The van der Waals surface area contributed by atoms with Gasteiger partial charge < -0.3 is 14.3 Å². The van der Waals surface area contributed by atoms with Gasteiger partial charge in [-0.25, -0.2) is 4.98 Å². The Kier molecular flexibility index (Phi) is 4.64. The van der Waals surface area contributed by atoms with Crippen LogP contribution >= 0.6 is 15.9 Å². The molecule has 0 radical (unpaired) electrons. The van der Waals surface area contributed by atoms with Crippen molar-refractivity contribution in [1.29, 1.82) is 0 Å². The standard InChI is InChI=1S/C21H15BrN2O3/c1-26-18-4-2-3-14(20(18)25)12-23-16-9-10-17-19(11-16)27-21(24-17)13-5-7-15(22)8-6-13/h2-12,25H,1H3. The molecule has 0 aliphatic carbocycles. The fraction of sp³-hybridized carbons (Fsp3) is 0.0476. The van der Waals surface area contributed by atoms with Gasteiger partial charge in [0.2, 0.25) is 5.89 Å². The number of oxazole rings is 1. The highest BCUT2D eigenvalue weighted by atomic mass is 79.9. The lowest BCUT2D eigenvalue weighted by atomic mass is 10.2. The van der Waals surface area contributed by atoms with Crippen molar-refractivity contribution < 1.29 is 14.3 Å². The Labute approximate surface area is 164 Å². The molecule has 0 atom stereocenters. The van der Waals surface area contributed by atoms with Crippen LogP contribution in [0.2, 0.25) is 0 Å². The minimum atomic E-state index is 0.0574. The molecule has 27 heavy (non-hydrogen) atoms. The number of ether oxygens (including phenoxy) is 1. The second-order valence-electron chi connectivity index (χ2n) is 5.83. The zero-order valence-electron chi connectivity index (χ0n) is 14.4. The number of aromatic nitrogens is 1. The number of nitrogens with zero attached hydrogens (tertiary/aromatic N) is 2. The van der Waals surface area contributed by atoms with E-state index in [0.29, 0.717) is 28.5 Å². The number of hydrogen-bond acceptors (Lipinski definition) is 5.